The Balaban J connectivity index is 1.32. The third-order valence-corrected chi connectivity index (χ3v) is 8.69. The molecule has 3 saturated heterocycles. The second-order valence-corrected chi connectivity index (χ2v) is 11.1. The maximum atomic E-state index is 13.8. The molecule has 0 unspecified atom stereocenters. The van der Waals surface area contributed by atoms with Crippen LogP contribution in [-0.4, -0.2) is 57.2 Å². The van der Waals surface area contributed by atoms with Crippen LogP contribution in [0.2, 0.25) is 0 Å². The summed E-state index contributed by atoms with van der Waals surface area (Å²) in [5.41, 5.74) is 2.15. The largest absolute Gasteiger partial charge is 0.335 e. The van der Waals surface area contributed by atoms with Gasteiger partial charge in [0.1, 0.15) is 0 Å². The molecule has 1 amide bonds. The highest BCUT2D eigenvalue weighted by atomic mass is 16.2. The summed E-state index contributed by atoms with van der Waals surface area (Å²) in [4.78, 5) is 31.6. The molecule has 6 nitrogen and oxygen atoms in total. The number of hydrogen-bond donors (Lipinski definition) is 0. The second kappa shape index (κ2) is 8.63. The van der Waals surface area contributed by atoms with Crippen molar-refractivity contribution in [2.75, 3.05) is 19.6 Å². The Hall–Kier alpha value is -2.47. The van der Waals surface area contributed by atoms with Crippen molar-refractivity contribution in [3.63, 3.8) is 0 Å². The topological polar surface area (TPSA) is 58.4 Å². The molecule has 4 atom stereocenters. The summed E-state index contributed by atoms with van der Waals surface area (Å²) in [7, 11) is 0. The maximum absolute atomic E-state index is 13.8. The van der Waals surface area contributed by atoms with Crippen LogP contribution in [0.1, 0.15) is 64.1 Å². The van der Waals surface area contributed by atoms with Crippen LogP contribution < -0.4 is 5.56 Å². The summed E-state index contributed by atoms with van der Waals surface area (Å²) < 4.78 is 1.54. The van der Waals surface area contributed by atoms with Gasteiger partial charge in [-0.05, 0) is 70.4 Å². The highest BCUT2D eigenvalue weighted by Crippen LogP contribution is 2.45. The zero-order chi connectivity index (χ0) is 23.4. The first-order valence-corrected chi connectivity index (χ1v) is 13.3. The molecular formula is C28H36N4O2. The minimum Gasteiger partial charge on any atom is -0.335 e. The van der Waals surface area contributed by atoms with E-state index >= 15 is 0 Å². The van der Waals surface area contributed by atoms with Gasteiger partial charge in [-0.3, -0.25) is 14.5 Å². The third kappa shape index (κ3) is 3.62. The van der Waals surface area contributed by atoms with Gasteiger partial charge < -0.3 is 4.90 Å². The van der Waals surface area contributed by atoms with E-state index in [-0.39, 0.29) is 30.0 Å². The molecule has 0 radical (unpaired) electrons. The van der Waals surface area contributed by atoms with E-state index in [1.807, 2.05) is 38.1 Å². The van der Waals surface area contributed by atoms with E-state index in [1.165, 1.54) is 42.5 Å². The average molecular weight is 461 g/mol. The minimum atomic E-state index is -0.0818. The summed E-state index contributed by atoms with van der Waals surface area (Å²) in [5, 5.41) is 6.15. The number of piperidine rings is 3. The van der Waals surface area contributed by atoms with Crippen molar-refractivity contribution < 1.29 is 4.79 Å². The van der Waals surface area contributed by atoms with E-state index in [2.05, 4.69) is 21.0 Å². The molecule has 0 spiro atoms. The molecule has 2 bridgehead atoms. The van der Waals surface area contributed by atoms with Crippen LogP contribution in [0.4, 0.5) is 0 Å². The summed E-state index contributed by atoms with van der Waals surface area (Å²) in [5.74, 6) is 1.36. The van der Waals surface area contributed by atoms with Crippen LogP contribution in [0, 0.1) is 11.8 Å². The van der Waals surface area contributed by atoms with Gasteiger partial charge in [0.15, 0.2) is 0 Å². The Bertz CT molecular complexity index is 1200. The highest BCUT2D eigenvalue weighted by molar-refractivity contribution is 5.88. The van der Waals surface area contributed by atoms with Gasteiger partial charge in [-0.25, -0.2) is 4.68 Å². The van der Waals surface area contributed by atoms with Crippen molar-refractivity contribution in [3.05, 3.63) is 52.0 Å². The first-order chi connectivity index (χ1) is 16.5. The number of carbonyl (C=O) groups is 1. The monoisotopic (exact) mass is 460 g/mol. The van der Waals surface area contributed by atoms with E-state index in [0.29, 0.717) is 17.2 Å². The van der Waals surface area contributed by atoms with E-state index in [0.717, 1.165) is 43.1 Å². The number of amides is 1. The lowest BCUT2D eigenvalue weighted by Gasteiger charge is -2.54. The number of likely N-dealkylation sites (tertiary alicyclic amines) is 1. The van der Waals surface area contributed by atoms with Crippen LogP contribution in [0.3, 0.4) is 0 Å². The van der Waals surface area contributed by atoms with Gasteiger partial charge in [-0.15, -0.1) is 0 Å². The van der Waals surface area contributed by atoms with Crippen molar-refractivity contribution in [2.45, 2.75) is 76.9 Å². The Kier molecular flexibility index (Phi) is 5.59. The van der Waals surface area contributed by atoms with Crippen molar-refractivity contribution >= 4 is 16.7 Å². The fourth-order valence-corrected chi connectivity index (χ4v) is 7.25. The van der Waals surface area contributed by atoms with Crippen LogP contribution in [-0.2, 0) is 11.2 Å². The summed E-state index contributed by atoms with van der Waals surface area (Å²) in [6.45, 7) is 7.10. The molecule has 4 heterocycles. The molecule has 3 fully saturated rings. The summed E-state index contributed by atoms with van der Waals surface area (Å²) in [6, 6.07) is 8.51. The van der Waals surface area contributed by atoms with Gasteiger partial charge in [-0.1, -0.05) is 36.3 Å². The summed E-state index contributed by atoms with van der Waals surface area (Å²) >= 11 is 0. The molecule has 1 aromatic heterocycles. The van der Waals surface area contributed by atoms with Gasteiger partial charge in [0.05, 0.1) is 29.6 Å². The molecule has 0 N–H and O–H groups in total. The molecule has 6 rings (SSSR count). The SMILES string of the molecule is CC(C)n1nc(CC(=O)N2CCCC3=C[C@H]4C[C@@H](CN5CCCC[C@H]45)[C@@H]32)c2ccccc2c1=O. The second-order valence-electron chi connectivity index (χ2n) is 11.1. The summed E-state index contributed by atoms with van der Waals surface area (Å²) in [6.07, 6.45) is 10.2. The van der Waals surface area contributed by atoms with E-state index in [4.69, 9.17) is 0 Å². The number of carbonyl (C=O) groups excluding carboxylic acids is 1. The van der Waals surface area contributed by atoms with Gasteiger partial charge in [0.2, 0.25) is 5.91 Å². The van der Waals surface area contributed by atoms with Crippen LogP contribution in [0.15, 0.2) is 40.7 Å². The molecule has 34 heavy (non-hydrogen) atoms. The molecule has 0 saturated carbocycles. The lowest BCUT2D eigenvalue weighted by molar-refractivity contribution is -0.135. The third-order valence-electron chi connectivity index (χ3n) is 8.69. The quantitative estimate of drug-likeness (QED) is 0.651. The van der Waals surface area contributed by atoms with Crippen molar-refractivity contribution in [1.29, 1.82) is 0 Å². The van der Waals surface area contributed by atoms with Crippen molar-refractivity contribution in [2.24, 2.45) is 11.8 Å². The average Bonchev–Trinajstić information content (AvgIpc) is 2.85. The van der Waals surface area contributed by atoms with Gasteiger partial charge in [0.25, 0.3) is 5.56 Å². The maximum Gasteiger partial charge on any atom is 0.274 e. The molecule has 1 aromatic carbocycles. The lowest BCUT2D eigenvalue weighted by Crippen LogP contribution is -2.60. The number of benzene rings is 1. The van der Waals surface area contributed by atoms with Crippen molar-refractivity contribution in [3.8, 4) is 0 Å². The Morgan fingerprint density at radius 2 is 1.94 bits per heavy atom. The van der Waals surface area contributed by atoms with Gasteiger partial charge >= 0.3 is 0 Å². The van der Waals surface area contributed by atoms with Crippen LogP contribution in [0.25, 0.3) is 10.8 Å². The molecule has 1 aliphatic carbocycles. The van der Waals surface area contributed by atoms with E-state index in [9.17, 15) is 9.59 Å². The lowest BCUT2D eigenvalue weighted by atomic mass is 9.68. The predicted molar refractivity (Wildman–Crippen MR) is 134 cm³/mol. The Labute approximate surface area is 201 Å². The molecule has 3 aliphatic heterocycles. The van der Waals surface area contributed by atoms with Gasteiger partial charge in [-0.2, -0.15) is 5.10 Å². The molecule has 4 aliphatic rings. The fourth-order valence-electron chi connectivity index (χ4n) is 7.25. The Morgan fingerprint density at radius 3 is 2.76 bits per heavy atom. The number of hydrogen-bond acceptors (Lipinski definition) is 4. The molecule has 180 valence electrons. The minimum absolute atomic E-state index is 0.0505. The molecule has 6 heteroatoms. The number of rotatable bonds is 3. The van der Waals surface area contributed by atoms with Gasteiger partial charge in [0, 0.05) is 24.5 Å². The number of fused-ring (bicyclic) bond motifs is 7. The standard InChI is InChI=1S/C28H36N4O2/c1-18(2)32-28(34)23-10-4-3-9-22(23)24(29-32)16-26(33)31-13-7-8-19-14-20-15-21(27(19)31)17-30-12-6-5-11-25(20)30/h3-4,9-10,14,18,20-21,25,27H,5-8,11-13,15-17H2,1-2H3/t20-,21-,25+,27+/m0/s1. The first kappa shape index (κ1) is 22.0. The van der Waals surface area contributed by atoms with Crippen molar-refractivity contribution in [1.82, 2.24) is 19.6 Å². The van der Waals surface area contributed by atoms with E-state index in [1.54, 1.807) is 0 Å². The normalized spacial score (nSPS) is 29.0. The predicted octanol–water partition coefficient (Wildman–Crippen LogP) is 3.94. The molecular weight excluding hydrogens is 424 g/mol. The smallest absolute Gasteiger partial charge is 0.274 e. The fraction of sp³-hybridized carbons (Fsp3) is 0.607. The van der Waals surface area contributed by atoms with E-state index < -0.39 is 0 Å². The molecule has 2 aromatic rings. The Morgan fingerprint density at radius 1 is 1.12 bits per heavy atom. The van der Waals surface area contributed by atoms with Crippen LogP contribution in [0.5, 0.6) is 0 Å². The number of nitrogens with zero attached hydrogens (tertiary/aromatic N) is 4. The first-order valence-electron chi connectivity index (χ1n) is 13.3. The highest BCUT2D eigenvalue weighted by Gasteiger charge is 2.46. The number of aromatic nitrogens is 2. The zero-order valence-corrected chi connectivity index (χ0v) is 20.4. The van der Waals surface area contributed by atoms with Crippen LogP contribution >= 0.6 is 0 Å². The zero-order valence-electron chi connectivity index (χ0n) is 20.4.